The van der Waals surface area contributed by atoms with Crippen molar-refractivity contribution in [1.82, 2.24) is 10.6 Å². The molecule has 118 valence electrons. The van der Waals surface area contributed by atoms with Crippen molar-refractivity contribution in [3.63, 3.8) is 0 Å². The fourth-order valence-electron chi connectivity index (χ4n) is 1.74. The number of rotatable bonds is 11. The van der Waals surface area contributed by atoms with Crippen molar-refractivity contribution < 1.29 is 19.4 Å². The Bertz CT molecular complexity index is 297. The number of carbonyl (C=O) groups excluding carboxylic acids is 1. The van der Waals surface area contributed by atoms with Crippen LogP contribution in [0.3, 0.4) is 0 Å². The van der Waals surface area contributed by atoms with Gasteiger partial charge < -0.3 is 20.5 Å². The molecule has 20 heavy (non-hydrogen) atoms. The average molecular weight is 288 g/mol. The van der Waals surface area contributed by atoms with Crippen molar-refractivity contribution in [2.24, 2.45) is 0 Å². The van der Waals surface area contributed by atoms with Gasteiger partial charge in [0.2, 0.25) is 0 Å². The minimum absolute atomic E-state index is 0.399. The van der Waals surface area contributed by atoms with Crippen LogP contribution in [-0.4, -0.2) is 42.4 Å². The molecule has 2 amide bonds. The third-order valence-corrected chi connectivity index (χ3v) is 3.00. The quantitative estimate of drug-likeness (QED) is 0.508. The Kier molecular flexibility index (Phi) is 9.80. The molecule has 0 aromatic heterocycles. The Morgan fingerprint density at radius 1 is 1.15 bits per heavy atom. The van der Waals surface area contributed by atoms with E-state index in [2.05, 4.69) is 17.6 Å². The van der Waals surface area contributed by atoms with Gasteiger partial charge in [-0.1, -0.05) is 26.7 Å². The maximum atomic E-state index is 11.6. The van der Waals surface area contributed by atoms with Gasteiger partial charge in [-0.3, -0.25) is 0 Å². The second kappa shape index (κ2) is 10.5. The van der Waals surface area contributed by atoms with Crippen LogP contribution in [-0.2, 0) is 9.53 Å². The second-order valence-electron chi connectivity index (χ2n) is 5.09. The Morgan fingerprint density at radius 3 is 2.35 bits per heavy atom. The average Bonchev–Trinajstić information content (AvgIpc) is 2.37. The number of unbranched alkanes of at least 4 members (excludes halogenated alkanes) is 1. The van der Waals surface area contributed by atoms with Crippen LogP contribution < -0.4 is 10.6 Å². The van der Waals surface area contributed by atoms with Gasteiger partial charge in [0.1, 0.15) is 5.54 Å². The molecule has 0 radical (unpaired) electrons. The van der Waals surface area contributed by atoms with Crippen LogP contribution in [0.25, 0.3) is 0 Å². The lowest BCUT2D eigenvalue weighted by atomic mass is 9.97. The number of hydrogen-bond acceptors (Lipinski definition) is 3. The first-order valence-electron chi connectivity index (χ1n) is 7.33. The molecule has 0 aromatic carbocycles. The summed E-state index contributed by atoms with van der Waals surface area (Å²) in [6.07, 6.45) is 3.95. The predicted molar refractivity (Wildman–Crippen MR) is 77.8 cm³/mol. The highest BCUT2D eigenvalue weighted by molar-refractivity contribution is 5.85. The molecular weight excluding hydrogens is 260 g/mol. The molecule has 0 bridgehead atoms. The van der Waals surface area contributed by atoms with Gasteiger partial charge in [0.05, 0.1) is 0 Å². The summed E-state index contributed by atoms with van der Waals surface area (Å²) in [7, 11) is 0. The number of carbonyl (C=O) groups is 2. The molecule has 0 saturated carbocycles. The third kappa shape index (κ3) is 7.99. The van der Waals surface area contributed by atoms with Crippen molar-refractivity contribution in [3.05, 3.63) is 0 Å². The topological polar surface area (TPSA) is 87.7 Å². The molecule has 0 aliphatic carbocycles. The lowest BCUT2D eigenvalue weighted by molar-refractivity contribution is -0.144. The summed E-state index contributed by atoms with van der Waals surface area (Å²) in [4.78, 5) is 22.8. The fraction of sp³-hybridized carbons (Fsp3) is 0.857. The lowest BCUT2D eigenvalue weighted by Gasteiger charge is -2.25. The summed E-state index contributed by atoms with van der Waals surface area (Å²) in [5, 5.41) is 14.3. The van der Waals surface area contributed by atoms with E-state index in [-0.39, 0.29) is 0 Å². The number of aliphatic carboxylic acids is 1. The van der Waals surface area contributed by atoms with Crippen LogP contribution in [0.4, 0.5) is 4.79 Å². The molecule has 0 rings (SSSR count). The van der Waals surface area contributed by atoms with E-state index in [4.69, 9.17) is 9.84 Å². The minimum atomic E-state index is -1.21. The highest BCUT2D eigenvalue weighted by Gasteiger charge is 2.33. The predicted octanol–water partition coefficient (Wildman–Crippen LogP) is 2.14. The number of amides is 2. The number of hydrogen-bond donors (Lipinski definition) is 3. The standard InChI is InChI=1S/C14H28N2O4/c1-4-6-10-20-11-7-9-15-13(19)16-14(3,8-5-2)12(17)18/h4-11H2,1-3H3,(H,17,18)(H2,15,16,19). The zero-order chi connectivity index (χ0) is 15.4. The van der Waals surface area contributed by atoms with Crippen LogP contribution in [0.2, 0.25) is 0 Å². The summed E-state index contributed by atoms with van der Waals surface area (Å²) in [6, 6.07) is -0.447. The van der Waals surface area contributed by atoms with Gasteiger partial charge >= 0.3 is 12.0 Å². The molecular formula is C14H28N2O4. The van der Waals surface area contributed by atoms with E-state index in [0.29, 0.717) is 32.4 Å². The zero-order valence-corrected chi connectivity index (χ0v) is 12.8. The van der Waals surface area contributed by atoms with Crippen molar-refractivity contribution in [3.8, 4) is 0 Å². The summed E-state index contributed by atoms with van der Waals surface area (Å²) < 4.78 is 5.37. The van der Waals surface area contributed by atoms with Crippen molar-refractivity contribution in [2.75, 3.05) is 19.8 Å². The first-order chi connectivity index (χ1) is 9.46. The molecule has 0 saturated heterocycles. The van der Waals surface area contributed by atoms with Gasteiger partial charge in [-0.15, -0.1) is 0 Å². The van der Waals surface area contributed by atoms with Crippen molar-refractivity contribution in [2.45, 2.75) is 58.4 Å². The molecule has 0 aliphatic heterocycles. The van der Waals surface area contributed by atoms with E-state index >= 15 is 0 Å². The highest BCUT2D eigenvalue weighted by atomic mass is 16.5. The maximum absolute atomic E-state index is 11.6. The van der Waals surface area contributed by atoms with E-state index < -0.39 is 17.5 Å². The molecule has 0 aromatic rings. The van der Waals surface area contributed by atoms with E-state index in [9.17, 15) is 9.59 Å². The summed E-state index contributed by atoms with van der Waals surface area (Å²) in [5.74, 6) is -1.02. The molecule has 0 fully saturated rings. The number of nitrogens with one attached hydrogen (secondary N) is 2. The molecule has 3 N–H and O–H groups in total. The fourth-order valence-corrected chi connectivity index (χ4v) is 1.74. The molecule has 0 aliphatic rings. The Morgan fingerprint density at radius 2 is 1.80 bits per heavy atom. The van der Waals surface area contributed by atoms with E-state index in [1.54, 1.807) is 0 Å². The molecule has 1 unspecified atom stereocenters. The van der Waals surface area contributed by atoms with E-state index in [1.165, 1.54) is 6.92 Å². The normalized spacial score (nSPS) is 13.6. The first kappa shape index (κ1) is 18.7. The summed E-state index contributed by atoms with van der Waals surface area (Å²) >= 11 is 0. The van der Waals surface area contributed by atoms with Crippen LogP contribution >= 0.6 is 0 Å². The molecule has 1 atom stereocenters. The largest absolute Gasteiger partial charge is 0.480 e. The van der Waals surface area contributed by atoms with Gasteiger partial charge in [-0.25, -0.2) is 9.59 Å². The number of ether oxygens (including phenoxy) is 1. The Hall–Kier alpha value is -1.30. The monoisotopic (exact) mass is 288 g/mol. The van der Waals surface area contributed by atoms with Gasteiger partial charge in [-0.05, 0) is 26.2 Å². The summed E-state index contributed by atoms with van der Waals surface area (Å²) in [5.41, 5.74) is -1.21. The molecule has 0 heterocycles. The van der Waals surface area contributed by atoms with Crippen LogP contribution in [0.15, 0.2) is 0 Å². The van der Waals surface area contributed by atoms with Gasteiger partial charge in [-0.2, -0.15) is 0 Å². The summed E-state index contributed by atoms with van der Waals surface area (Å²) in [6.45, 7) is 7.33. The minimum Gasteiger partial charge on any atom is -0.480 e. The van der Waals surface area contributed by atoms with E-state index in [1.807, 2.05) is 6.92 Å². The SMILES string of the molecule is CCCCOCCCNC(=O)NC(C)(CCC)C(=O)O. The van der Waals surface area contributed by atoms with E-state index in [0.717, 1.165) is 19.4 Å². The van der Waals surface area contributed by atoms with Gasteiger partial charge in [0.15, 0.2) is 0 Å². The number of urea groups is 1. The third-order valence-electron chi connectivity index (χ3n) is 3.00. The molecule has 6 nitrogen and oxygen atoms in total. The maximum Gasteiger partial charge on any atom is 0.329 e. The number of carboxylic acids is 1. The molecule has 0 spiro atoms. The Labute approximate surface area is 121 Å². The highest BCUT2D eigenvalue weighted by Crippen LogP contribution is 2.12. The van der Waals surface area contributed by atoms with Gasteiger partial charge in [0.25, 0.3) is 0 Å². The van der Waals surface area contributed by atoms with Crippen molar-refractivity contribution >= 4 is 12.0 Å². The van der Waals surface area contributed by atoms with Crippen LogP contribution in [0.1, 0.15) is 52.9 Å². The van der Waals surface area contributed by atoms with Crippen LogP contribution in [0, 0.1) is 0 Å². The van der Waals surface area contributed by atoms with Crippen molar-refractivity contribution in [1.29, 1.82) is 0 Å². The van der Waals surface area contributed by atoms with Gasteiger partial charge in [0, 0.05) is 19.8 Å². The molecule has 6 heteroatoms. The first-order valence-corrected chi connectivity index (χ1v) is 7.33. The smallest absolute Gasteiger partial charge is 0.329 e. The van der Waals surface area contributed by atoms with Crippen LogP contribution in [0.5, 0.6) is 0 Å². The Balaban J connectivity index is 3.84. The number of carboxylic acid groups (broad SMARTS) is 1. The zero-order valence-electron chi connectivity index (χ0n) is 12.8. The second-order valence-corrected chi connectivity index (χ2v) is 5.09. The lowest BCUT2D eigenvalue weighted by Crippen LogP contribution is -2.55.